The van der Waals surface area contributed by atoms with E-state index in [-0.39, 0.29) is 0 Å². The number of benzene rings is 2. The van der Waals surface area contributed by atoms with E-state index in [1.54, 1.807) is 18.2 Å². The minimum absolute atomic E-state index is 0.434. The van der Waals surface area contributed by atoms with E-state index in [1.165, 1.54) is 0 Å². The third kappa shape index (κ3) is 3.72. The zero-order valence-electron chi connectivity index (χ0n) is 9.99. The molecule has 0 aliphatic heterocycles. The van der Waals surface area contributed by atoms with E-state index >= 15 is 0 Å². The normalized spacial score (nSPS) is 10.2. The summed E-state index contributed by atoms with van der Waals surface area (Å²) >= 11 is 9.35. The number of hydrogen-bond donors (Lipinski definition) is 2. The molecular weight excluding hydrogens is 328 g/mol. The lowest BCUT2D eigenvalue weighted by molar-refractivity contribution is 0.100. The fraction of sp³-hybridized carbons (Fsp3) is 0.0714. The number of rotatable bonds is 4. The molecule has 1 amide bonds. The number of nitrogens with one attached hydrogen (secondary N) is 1. The number of primary amides is 1. The molecule has 0 aliphatic carbocycles. The second kappa shape index (κ2) is 6.08. The van der Waals surface area contributed by atoms with Crippen LogP contribution in [-0.2, 0) is 6.54 Å². The highest BCUT2D eigenvalue weighted by Crippen LogP contribution is 2.22. The molecule has 2 aromatic carbocycles. The number of halogens is 2. The molecular formula is C14H12BrClN2O. The van der Waals surface area contributed by atoms with Crippen LogP contribution in [0, 0.1) is 0 Å². The Balaban J connectivity index is 2.10. The zero-order valence-corrected chi connectivity index (χ0v) is 12.3. The number of carbonyl (C=O) groups excluding carboxylic acids is 1. The first-order valence-electron chi connectivity index (χ1n) is 5.64. The molecule has 0 atom stereocenters. The van der Waals surface area contributed by atoms with Gasteiger partial charge in [0.2, 0.25) is 5.91 Å². The summed E-state index contributed by atoms with van der Waals surface area (Å²) in [5, 5.41) is 3.92. The van der Waals surface area contributed by atoms with Crippen LogP contribution in [-0.4, -0.2) is 5.91 Å². The largest absolute Gasteiger partial charge is 0.381 e. The second-order valence-corrected chi connectivity index (χ2v) is 5.33. The van der Waals surface area contributed by atoms with Crippen molar-refractivity contribution in [2.45, 2.75) is 6.54 Å². The van der Waals surface area contributed by atoms with Gasteiger partial charge in [-0.25, -0.2) is 0 Å². The lowest BCUT2D eigenvalue weighted by atomic mass is 10.2. The predicted molar refractivity (Wildman–Crippen MR) is 81.4 cm³/mol. The summed E-state index contributed by atoms with van der Waals surface area (Å²) in [7, 11) is 0. The minimum atomic E-state index is -0.434. The summed E-state index contributed by atoms with van der Waals surface area (Å²) in [6.45, 7) is 0.625. The first-order chi connectivity index (χ1) is 9.06. The van der Waals surface area contributed by atoms with E-state index in [2.05, 4.69) is 21.2 Å². The van der Waals surface area contributed by atoms with Crippen molar-refractivity contribution in [3.63, 3.8) is 0 Å². The number of carbonyl (C=O) groups is 1. The topological polar surface area (TPSA) is 55.1 Å². The summed E-state index contributed by atoms with van der Waals surface area (Å²) < 4.78 is 0.943. The van der Waals surface area contributed by atoms with Gasteiger partial charge >= 0.3 is 0 Å². The SMILES string of the molecule is NC(=O)c1cccc(NCc2ccc(Cl)cc2Br)c1. The molecule has 0 saturated carbocycles. The van der Waals surface area contributed by atoms with Crippen LogP contribution in [0.4, 0.5) is 5.69 Å². The van der Waals surface area contributed by atoms with E-state index in [1.807, 2.05) is 24.3 Å². The van der Waals surface area contributed by atoms with Gasteiger partial charge in [-0.3, -0.25) is 4.79 Å². The molecule has 3 nitrogen and oxygen atoms in total. The molecule has 2 aromatic rings. The fourth-order valence-electron chi connectivity index (χ4n) is 1.64. The molecule has 0 aliphatic rings. The van der Waals surface area contributed by atoms with E-state index in [0.29, 0.717) is 17.1 Å². The summed E-state index contributed by atoms with van der Waals surface area (Å²) in [5.74, 6) is -0.434. The quantitative estimate of drug-likeness (QED) is 0.890. The lowest BCUT2D eigenvalue weighted by Gasteiger charge is -2.09. The van der Waals surface area contributed by atoms with Gasteiger partial charge in [0.25, 0.3) is 0 Å². The average Bonchev–Trinajstić information content (AvgIpc) is 2.38. The van der Waals surface area contributed by atoms with E-state index in [4.69, 9.17) is 17.3 Å². The molecule has 98 valence electrons. The summed E-state index contributed by atoms with van der Waals surface area (Å²) in [5.41, 5.74) is 7.65. The van der Waals surface area contributed by atoms with Crippen LogP contribution < -0.4 is 11.1 Å². The molecule has 3 N–H and O–H groups in total. The summed E-state index contributed by atoms with van der Waals surface area (Å²) in [4.78, 5) is 11.1. The summed E-state index contributed by atoms with van der Waals surface area (Å²) in [6, 6.07) is 12.7. The molecule has 2 rings (SSSR count). The third-order valence-corrected chi connectivity index (χ3v) is 3.62. The molecule has 0 aromatic heterocycles. The van der Waals surface area contributed by atoms with Crippen molar-refractivity contribution in [3.05, 3.63) is 63.1 Å². The van der Waals surface area contributed by atoms with Crippen molar-refractivity contribution in [3.8, 4) is 0 Å². The van der Waals surface area contributed by atoms with Crippen LogP contribution in [0.3, 0.4) is 0 Å². The Labute approximate surface area is 124 Å². The number of amides is 1. The standard InChI is InChI=1S/C14H12BrClN2O/c15-13-7-11(16)5-4-10(13)8-18-12-3-1-2-9(6-12)14(17)19/h1-7,18H,8H2,(H2,17,19). The second-order valence-electron chi connectivity index (χ2n) is 4.03. The van der Waals surface area contributed by atoms with Crippen molar-refractivity contribution in [2.24, 2.45) is 5.73 Å². The van der Waals surface area contributed by atoms with Gasteiger partial charge in [-0.1, -0.05) is 39.7 Å². The monoisotopic (exact) mass is 338 g/mol. The van der Waals surface area contributed by atoms with Gasteiger partial charge in [0.1, 0.15) is 0 Å². The van der Waals surface area contributed by atoms with Gasteiger partial charge in [-0.15, -0.1) is 0 Å². The highest BCUT2D eigenvalue weighted by Gasteiger charge is 2.03. The van der Waals surface area contributed by atoms with Gasteiger partial charge in [0.15, 0.2) is 0 Å². The lowest BCUT2D eigenvalue weighted by Crippen LogP contribution is -2.11. The van der Waals surface area contributed by atoms with Gasteiger partial charge in [0.05, 0.1) is 0 Å². The molecule has 0 spiro atoms. The van der Waals surface area contributed by atoms with Crippen molar-refractivity contribution in [2.75, 3.05) is 5.32 Å². The Bertz CT molecular complexity index is 616. The molecule has 0 heterocycles. The zero-order chi connectivity index (χ0) is 13.8. The molecule has 0 bridgehead atoms. The van der Waals surface area contributed by atoms with Crippen LogP contribution in [0.5, 0.6) is 0 Å². The Morgan fingerprint density at radius 3 is 2.74 bits per heavy atom. The van der Waals surface area contributed by atoms with Crippen LogP contribution in [0.15, 0.2) is 46.9 Å². The van der Waals surface area contributed by atoms with Crippen LogP contribution >= 0.6 is 27.5 Å². The first kappa shape index (κ1) is 13.9. The minimum Gasteiger partial charge on any atom is -0.381 e. The number of anilines is 1. The van der Waals surface area contributed by atoms with Crippen molar-refractivity contribution in [1.29, 1.82) is 0 Å². The van der Waals surface area contributed by atoms with Crippen LogP contribution in [0.25, 0.3) is 0 Å². The first-order valence-corrected chi connectivity index (χ1v) is 6.81. The number of hydrogen-bond acceptors (Lipinski definition) is 2. The van der Waals surface area contributed by atoms with Crippen LogP contribution in [0.2, 0.25) is 5.02 Å². The van der Waals surface area contributed by atoms with Crippen molar-refractivity contribution in [1.82, 2.24) is 0 Å². The molecule has 0 unspecified atom stereocenters. The molecule has 0 saturated heterocycles. The van der Waals surface area contributed by atoms with Gasteiger partial charge < -0.3 is 11.1 Å². The molecule has 0 radical (unpaired) electrons. The molecule has 19 heavy (non-hydrogen) atoms. The highest BCUT2D eigenvalue weighted by atomic mass is 79.9. The van der Waals surface area contributed by atoms with Crippen LogP contribution in [0.1, 0.15) is 15.9 Å². The van der Waals surface area contributed by atoms with Gasteiger partial charge in [-0.05, 0) is 35.9 Å². The van der Waals surface area contributed by atoms with Gasteiger partial charge in [0, 0.05) is 27.3 Å². The fourth-order valence-corrected chi connectivity index (χ4v) is 2.47. The molecule has 5 heteroatoms. The smallest absolute Gasteiger partial charge is 0.248 e. The van der Waals surface area contributed by atoms with E-state index in [9.17, 15) is 4.79 Å². The predicted octanol–water partition coefficient (Wildman–Crippen LogP) is 3.81. The van der Waals surface area contributed by atoms with E-state index in [0.717, 1.165) is 15.7 Å². The third-order valence-electron chi connectivity index (χ3n) is 2.65. The Morgan fingerprint density at radius 2 is 2.05 bits per heavy atom. The van der Waals surface area contributed by atoms with Crippen molar-refractivity contribution >= 4 is 39.1 Å². The maximum absolute atomic E-state index is 11.1. The average molecular weight is 340 g/mol. The molecule has 0 fully saturated rings. The van der Waals surface area contributed by atoms with E-state index < -0.39 is 5.91 Å². The Kier molecular flexibility index (Phi) is 4.45. The Morgan fingerprint density at radius 1 is 1.26 bits per heavy atom. The maximum Gasteiger partial charge on any atom is 0.248 e. The maximum atomic E-state index is 11.1. The highest BCUT2D eigenvalue weighted by molar-refractivity contribution is 9.10. The summed E-state index contributed by atoms with van der Waals surface area (Å²) in [6.07, 6.45) is 0. The Hall–Kier alpha value is -1.52. The van der Waals surface area contributed by atoms with Crippen molar-refractivity contribution < 1.29 is 4.79 Å². The number of nitrogens with two attached hydrogens (primary N) is 1. The van der Waals surface area contributed by atoms with Gasteiger partial charge in [-0.2, -0.15) is 0 Å².